The molecule has 0 aromatic heterocycles. The molecular weight excluding hydrogens is 816 g/mol. The number of hydrogen-bond donors (Lipinski definition) is 3. The van der Waals surface area contributed by atoms with E-state index in [4.69, 9.17) is 15.3 Å². The maximum Gasteiger partial charge on any atom is 0.336 e. The number of aliphatic hydroxyl groups is 1. The molecule has 10 heteroatoms. The van der Waals surface area contributed by atoms with Crippen LogP contribution < -0.4 is 10.3 Å². The third-order valence-electron chi connectivity index (χ3n) is 8.60. The van der Waals surface area contributed by atoms with E-state index in [1.54, 1.807) is 12.1 Å². The van der Waals surface area contributed by atoms with Crippen molar-refractivity contribution in [3.8, 4) is 28.2 Å². The van der Waals surface area contributed by atoms with Crippen molar-refractivity contribution >= 4 is 46.4 Å². The molecule has 2 heterocycles. The number of carboxylic acid groups (broad SMARTS) is 1. The van der Waals surface area contributed by atoms with E-state index < -0.39 is 5.97 Å². The van der Waals surface area contributed by atoms with E-state index >= 15 is 0 Å². The molecule has 51 heavy (non-hydrogen) atoms. The molecule has 0 bridgehead atoms. The van der Waals surface area contributed by atoms with E-state index in [0.717, 1.165) is 41.6 Å². The molecule has 0 fully saturated rings. The first kappa shape index (κ1) is 36.8. The van der Waals surface area contributed by atoms with Gasteiger partial charge in [-0.25, -0.2) is 4.79 Å². The first-order valence-electron chi connectivity index (χ1n) is 16.3. The zero-order chi connectivity index (χ0) is 35.2. The van der Waals surface area contributed by atoms with E-state index in [9.17, 15) is 24.6 Å². The van der Waals surface area contributed by atoms with Gasteiger partial charge in [-0.15, -0.1) is 5.69 Å². The number of carbonyl (C=O) groups excluding carboxylic acids is 1. The number of amides is 1. The van der Waals surface area contributed by atoms with Crippen LogP contribution in [0.5, 0.6) is 5.75 Å². The number of phenolic OH excluding ortho intramolecular Hbond substituents is 1. The summed E-state index contributed by atoms with van der Waals surface area (Å²) in [6.45, 7) is 0.787. The standard InChI is InChI=1S/C21H23NO2.C20H12NO5.W/c23-15-7-1-2-12-21(24)22-16-19-10-4-3-8-17(19)13-14-18-9-5-6-11-20(18)22;21-10-1-4-13(20(24)25)16(7-10)19-14-5-2-11(22)8-17(14)26-18-9-12(23)3-6-15(18)19;/h3-6,8-11,13-14,23H,1-2,7,12,15-16H2;1-9,21H,(H,22,23)(H,24,25);/q;-1;/b14-13-;;. The molecule has 258 valence electrons. The Bertz CT molecular complexity index is 2260. The van der Waals surface area contributed by atoms with E-state index in [1.165, 1.54) is 42.5 Å². The Labute approximate surface area is 308 Å². The Morgan fingerprint density at radius 1 is 0.804 bits per heavy atom. The molecule has 9 nitrogen and oxygen atoms in total. The average Bonchev–Trinajstić information content (AvgIpc) is 3.10. The van der Waals surface area contributed by atoms with Crippen molar-refractivity contribution in [1.82, 2.24) is 0 Å². The van der Waals surface area contributed by atoms with Crippen LogP contribution in [0.3, 0.4) is 0 Å². The van der Waals surface area contributed by atoms with Gasteiger partial charge in [0.1, 0.15) is 17.1 Å². The van der Waals surface area contributed by atoms with Crippen LogP contribution in [-0.4, -0.2) is 33.8 Å². The molecule has 1 aliphatic carbocycles. The van der Waals surface area contributed by atoms with Gasteiger partial charge in [0.15, 0.2) is 5.43 Å². The topological polar surface area (TPSA) is 152 Å². The molecule has 7 rings (SSSR count). The second kappa shape index (κ2) is 16.5. The van der Waals surface area contributed by atoms with Gasteiger partial charge in [-0.1, -0.05) is 73.2 Å². The quantitative estimate of drug-likeness (QED) is 0.107. The zero-order valence-electron chi connectivity index (χ0n) is 27.5. The number of nitrogens with one attached hydrogen (secondary N) is 1. The summed E-state index contributed by atoms with van der Waals surface area (Å²) in [5.74, 6) is -0.721. The van der Waals surface area contributed by atoms with Gasteiger partial charge in [-0.05, 0) is 71.5 Å². The van der Waals surface area contributed by atoms with E-state index in [0.29, 0.717) is 40.6 Å². The normalized spacial score (nSPS) is 12.4. The molecule has 4 aromatic carbocycles. The van der Waals surface area contributed by atoms with Crippen molar-refractivity contribution < 1.29 is 50.4 Å². The molecule has 1 amide bonds. The number of benzene rings is 5. The number of fused-ring (bicyclic) bond motifs is 4. The van der Waals surface area contributed by atoms with Crippen molar-refractivity contribution in [2.45, 2.75) is 32.2 Å². The van der Waals surface area contributed by atoms with Crippen LogP contribution in [0.15, 0.2) is 112 Å². The predicted molar refractivity (Wildman–Crippen MR) is 196 cm³/mol. The molecule has 0 saturated carbocycles. The molecule has 4 aromatic rings. The number of unbranched alkanes of at least 4 members (excludes halogenated alkanes) is 2. The number of anilines is 1. The molecule has 0 unspecified atom stereocenters. The fourth-order valence-electron chi connectivity index (χ4n) is 6.16. The fourth-order valence-corrected chi connectivity index (χ4v) is 6.16. The summed E-state index contributed by atoms with van der Waals surface area (Å²) < 4.78 is 5.75. The maximum atomic E-state index is 12.8. The Balaban J connectivity index is 0.000000195. The first-order chi connectivity index (χ1) is 24.2. The Morgan fingerprint density at radius 3 is 2.33 bits per heavy atom. The van der Waals surface area contributed by atoms with Crippen molar-refractivity contribution in [2.75, 3.05) is 11.5 Å². The summed E-state index contributed by atoms with van der Waals surface area (Å²) in [5, 5.41) is 28.8. The van der Waals surface area contributed by atoms with Crippen LogP contribution in [0.2, 0.25) is 0 Å². The summed E-state index contributed by atoms with van der Waals surface area (Å²) in [6, 6.07) is 29.3. The Morgan fingerprint density at radius 2 is 1.55 bits per heavy atom. The molecule has 0 saturated heterocycles. The number of nitrogens with zero attached hydrogens (tertiary/aromatic N) is 1. The van der Waals surface area contributed by atoms with E-state index in [1.807, 2.05) is 41.3 Å². The largest absolute Gasteiger partial charge is 0.699 e. The van der Waals surface area contributed by atoms with Crippen molar-refractivity contribution in [1.29, 1.82) is 0 Å². The number of para-hydroxylation sites is 1. The fraction of sp³-hybridized carbons (Fsp3) is 0.146. The Hall–Kier alpha value is -5.50. The van der Waals surface area contributed by atoms with Gasteiger partial charge in [-0.2, -0.15) is 0 Å². The molecule has 4 N–H and O–H groups in total. The van der Waals surface area contributed by atoms with Crippen molar-refractivity contribution in [3.63, 3.8) is 0 Å². The van der Waals surface area contributed by atoms with Gasteiger partial charge in [0, 0.05) is 62.7 Å². The summed E-state index contributed by atoms with van der Waals surface area (Å²) in [7, 11) is 0. The number of aromatic carboxylic acids is 1. The van der Waals surface area contributed by atoms with Crippen molar-refractivity contribution in [3.05, 3.63) is 141 Å². The summed E-state index contributed by atoms with van der Waals surface area (Å²) in [6.07, 6.45) is 7.18. The number of phenols is 1. The van der Waals surface area contributed by atoms with Gasteiger partial charge >= 0.3 is 5.97 Å². The van der Waals surface area contributed by atoms with Gasteiger partial charge < -0.3 is 30.4 Å². The van der Waals surface area contributed by atoms with Crippen molar-refractivity contribution in [2.24, 2.45) is 0 Å². The molecular formula is C41H35N2O7W-. The second-order valence-electron chi connectivity index (χ2n) is 12.0. The molecule has 0 radical (unpaired) electrons. The number of carbonyl (C=O) groups is 2. The SMILES string of the molecule is O=C(CCCCCO)N1Cc2ccccc2/C=C\c2ccccc21.[NH-]c1ccc(C(=O)O)c(-c2c3ccc(=O)cc-3oc3cc(O)ccc23)c1.[W]. The third kappa shape index (κ3) is 8.28. The van der Waals surface area contributed by atoms with E-state index in [-0.39, 0.29) is 61.8 Å². The zero-order valence-corrected chi connectivity index (χ0v) is 30.5. The third-order valence-corrected chi connectivity index (χ3v) is 8.60. The molecule has 3 aliphatic rings. The van der Waals surface area contributed by atoms with Crippen LogP contribution >= 0.6 is 0 Å². The van der Waals surface area contributed by atoms with Crippen LogP contribution in [-0.2, 0) is 32.4 Å². The van der Waals surface area contributed by atoms with Gasteiger partial charge in [-0.3, -0.25) is 9.59 Å². The van der Waals surface area contributed by atoms with Crippen LogP contribution in [0.1, 0.15) is 52.7 Å². The van der Waals surface area contributed by atoms with Gasteiger partial charge in [0.05, 0.1) is 17.8 Å². The molecule has 0 spiro atoms. The first-order valence-corrected chi connectivity index (χ1v) is 16.3. The van der Waals surface area contributed by atoms with Crippen LogP contribution in [0.25, 0.3) is 51.3 Å². The van der Waals surface area contributed by atoms with Crippen LogP contribution in [0, 0.1) is 0 Å². The van der Waals surface area contributed by atoms with Gasteiger partial charge in [0.2, 0.25) is 5.91 Å². The minimum Gasteiger partial charge on any atom is -0.699 e. The van der Waals surface area contributed by atoms with E-state index in [2.05, 4.69) is 24.3 Å². The monoisotopic (exact) mass is 851 g/mol. The number of aliphatic hydroxyl groups excluding tert-OH is 1. The van der Waals surface area contributed by atoms with Gasteiger partial charge in [0.25, 0.3) is 0 Å². The predicted octanol–water partition coefficient (Wildman–Crippen LogP) is 8.91. The summed E-state index contributed by atoms with van der Waals surface area (Å²) in [5.41, 5.74) is 13.9. The minimum absolute atomic E-state index is 0. The number of aromatic hydroxyl groups is 1. The molecule has 2 aliphatic heterocycles. The summed E-state index contributed by atoms with van der Waals surface area (Å²) >= 11 is 0. The number of carboxylic acids is 1. The summed E-state index contributed by atoms with van der Waals surface area (Å²) in [4.78, 5) is 38.2. The smallest absolute Gasteiger partial charge is 0.336 e. The average molecular weight is 852 g/mol. The number of hydrogen-bond acceptors (Lipinski definition) is 6. The maximum absolute atomic E-state index is 12.8. The Kier molecular flexibility index (Phi) is 11.9. The minimum atomic E-state index is -1.12. The number of rotatable bonds is 7. The van der Waals surface area contributed by atoms with Crippen LogP contribution in [0.4, 0.5) is 11.4 Å². The molecule has 0 atom stereocenters. The second-order valence-corrected chi connectivity index (χ2v) is 12.0.